The normalized spacial score (nSPS) is 11.7. The number of imidazole rings is 1. The molecule has 21 heavy (non-hydrogen) atoms. The summed E-state index contributed by atoms with van der Waals surface area (Å²) in [5.41, 5.74) is 10.0. The van der Waals surface area contributed by atoms with Crippen LogP contribution < -0.4 is 11.5 Å². The lowest BCUT2D eigenvalue weighted by atomic mass is 10.1. The van der Waals surface area contributed by atoms with E-state index in [9.17, 15) is 4.79 Å². The van der Waals surface area contributed by atoms with Gasteiger partial charge in [0.1, 0.15) is 11.5 Å². The molecule has 106 valence electrons. The van der Waals surface area contributed by atoms with Gasteiger partial charge in [-0.25, -0.2) is 9.78 Å². The van der Waals surface area contributed by atoms with Crippen molar-refractivity contribution in [2.45, 2.75) is 13.8 Å². The number of aromatic amines is 1. The third-order valence-corrected chi connectivity index (χ3v) is 4.72. The van der Waals surface area contributed by atoms with Crippen molar-refractivity contribution in [3.05, 3.63) is 39.3 Å². The van der Waals surface area contributed by atoms with E-state index < -0.39 is 5.76 Å². The predicted octanol–water partition coefficient (Wildman–Crippen LogP) is 2.70. The molecule has 0 fully saturated rings. The molecule has 0 radical (unpaired) electrons. The summed E-state index contributed by atoms with van der Waals surface area (Å²) in [5.74, 6) is 0.136. The van der Waals surface area contributed by atoms with Gasteiger partial charge in [0.05, 0.1) is 5.52 Å². The average Bonchev–Trinajstić information content (AvgIpc) is 3.04. The maximum absolute atomic E-state index is 11.2. The predicted molar refractivity (Wildman–Crippen MR) is 82.8 cm³/mol. The van der Waals surface area contributed by atoms with Crippen molar-refractivity contribution in [1.82, 2.24) is 14.4 Å². The fourth-order valence-electron chi connectivity index (χ4n) is 2.48. The molecule has 0 saturated carbocycles. The molecule has 7 heteroatoms. The number of nitrogen functional groups attached to an aromatic ring is 1. The van der Waals surface area contributed by atoms with Crippen molar-refractivity contribution in [2.75, 3.05) is 5.73 Å². The van der Waals surface area contributed by atoms with Crippen LogP contribution in [0.15, 0.2) is 27.4 Å². The number of nitrogens with one attached hydrogen (secondary N) is 1. The summed E-state index contributed by atoms with van der Waals surface area (Å²) in [5, 5.41) is 0. The number of nitrogens with zero attached hydrogens (tertiary/aromatic N) is 2. The minimum atomic E-state index is -0.465. The van der Waals surface area contributed by atoms with E-state index in [1.165, 1.54) is 4.88 Å². The highest BCUT2D eigenvalue weighted by Gasteiger charge is 2.17. The summed E-state index contributed by atoms with van der Waals surface area (Å²) in [6.07, 6.45) is 0. The van der Waals surface area contributed by atoms with Crippen LogP contribution in [0, 0.1) is 13.8 Å². The number of hydrogen-bond acceptors (Lipinski definition) is 5. The van der Waals surface area contributed by atoms with E-state index in [-0.39, 0.29) is 0 Å². The van der Waals surface area contributed by atoms with Crippen LogP contribution in [0.3, 0.4) is 0 Å². The zero-order valence-electron chi connectivity index (χ0n) is 11.4. The lowest BCUT2D eigenvalue weighted by Crippen LogP contribution is -1.95. The molecule has 0 saturated heterocycles. The number of aromatic nitrogens is 3. The highest BCUT2D eigenvalue weighted by atomic mass is 32.1. The van der Waals surface area contributed by atoms with E-state index in [0.717, 1.165) is 16.2 Å². The number of hydrogen-bond donors (Lipinski definition) is 2. The van der Waals surface area contributed by atoms with Crippen LogP contribution in [-0.2, 0) is 0 Å². The minimum absolute atomic E-state index is 0.465. The smallest absolute Gasteiger partial charge is 0.408 e. The molecule has 0 amide bonds. The van der Waals surface area contributed by atoms with Crippen LogP contribution in [-0.4, -0.2) is 14.4 Å². The summed E-state index contributed by atoms with van der Waals surface area (Å²) in [6.45, 7) is 4.07. The Morgan fingerprint density at radius 3 is 2.95 bits per heavy atom. The SMILES string of the molecule is Cc1sc2nc(-c3ccc4[nH]c(=O)oc4c3)c(N)n2c1C. The maximum atomic E-state index is 11.2. The van der Waals surface area contributed by atoms with Crippen LogP contribution >= 0.6 is 11.3 Å². The van der Waals surface area contributed by atoms with E-state index in [4.69, 9.17) is 10.2 Å². The molecule has 0 atom stereocenters. The Kier molecular flexibility index (Phi) is 2.32. The van der Waals surface area contributed by atoms with Crippen molar-refractivity contribution in [3.8, 4) is 11.3 Å². The highest BCUT2D eigenvalue weighted by molar-refractivity contribution is 7.17. The first kappa shape index (κ1) is 12.2. The second-order valence-corrected chi connectivity index (χ2v) is 6.11. The van der Waals surface area contributed by atoms with Gasteiger partial charge in [-0.3, -0.25) is 9.38 Å². The standard InChI is InChI=1S/C14H12N4O2S/c1-6-7(2)21-13-17-11(12(15)18(6)13)8-3-4-9-10(5-8)20-14(19)16-9/h3-5H,15H2,1-2H3,(H,16,19). The highest BCUT2D eigenvalue weighted by Crippen LogP contribution is 2.33. The summed E-state index contributed by atoms with van der Waals surface area (Å²) in [4.78, 5) is 20.5. The van der Waals surface area contributed by atoms with Crippen LogP contribution in [0.2, 0.25) is 0 Å². The van der Waals surface area contributed by atoms with Gasteiger partial charge in [-0.15, -0.1) is 11.3 Å². The molecule has 3 heterocycles. The van der Waals surface area contributed by atoms with Gasteiger partial charge in [-0.1, -0.05) is 6.07 Å². The second kappa shape index (κ2) is 3.98. The number of nitrogens with two attached hydrogens (primary N) is 1. The number of thiazole rings is 1. The van der Waals surface area contributed by atoms with Crippen molar-refractivity contribution in [3.63, 3.8) is 0 Å². The molecule has 0 spiro atoms. The summed E-state index contributed by atoms with van der Waals surface area (Å²) < 4.78 is 7.04. The Hall–Kier alpha value is -2.54. The topological polar surface area (TPSA) is 89.3 Å². The van der Waals surface area contributed by atoms with Crippen LogP contribution in [0.25, 0.3) is 27.3 Å². The van der Waals surface area contributed by atoms with Gasteiger partial charge in [0.2, 0.25) is 0 Å². The maximum Gasteiger partial charge on any atom is 0.417 e. The third kappa shape index (κ3) is 1.64. The first-order chi connectivity index (χ1) is 10.0. The number of benzene rings is 1. The van der Waals surface area contributed by atoms with Crippen molar-refractivity contribution < 1.29 is 4.42 Å². The number of anilines is 1. The number of aryl methyl sites for hydroxylation is 2. The molecule has 1 aromatic carbocycles. The molecule has 4 rings (SSSR count). The zero-order valence-corrected chi connectivity index (χ0v) is 12.2. The monoisotopic (exact) mass is 300 g/mol. The van der Waals surface area contributed by atoms with Crippen LogP contribution in [0.1, 0.15) is 10.6 Å². The molecular weight excluding hydrogens is 288 g/mol. The lowest BCUT2D eigenvalue weighted by Gasteiger charge is -2.00. The van der Waals surface area contributed by atoms with Gasteiger partial charge < -0.3 is 10.2 Å². The summed E-state index contributed by atoms with van der Waals surface area (Å²) >= 11 is 1.61. The summed E-state index contributed by atoms with van der Waals surface area (Å²) in [7, 11) is 0. The van der Waals surface area contributed by atoms with Gasteiger partial charge >= 0.3 is 5.76 Å². The van der Waals surface area contributed by atoms with E-state index in [0.29, 0.717) is 22.6 Å². The Bertz CT molecular complexity index is 1050. The molecular formula is C14H12N4O2S. The molecule has 0 aliphatic carbocycles. The average molecular weight is 300 g/mol. The molecule has 6 nitrogen and oxygen atoms in total. The first-order valence-corrected chi connectivity index (χ1v) is 7.23. The number of H-pyrrole nitrogens is 1. The zero-order chi connectivity index (χ0) is 14.7. The Morgan fingerprint density at radius 2 is 2.19 bits per heavy atom. The second-order valence-electron chi connectivity index (χ2n) is 4.93. The molecule has 0 unspecified atom stereocenters. The van der Waals surface area contributed by atoms with Crippen molar-refractivity contribution in [2.24, 2.45) is 0 Å². The first-order valence-electron chi connectivity index (χ1n) is 6.42. The molecule has 0 aliphatic rings. The molecule has 0 bridgehead atoms. The van der Waals surface area contributed by atoms with Gasteiger partial charge in [-0.05, 0) is 26.0 Å². The van der Waals surface area contributed by atoms with Crippen molar-refractivity contribution in [1.29, 1.82) is 0 Å². The van der Waals surface area contributed by atoms with Gasteiger partial charge in [0.15, 0.2) is 10.5 Å². The largest absolute Gasteiger partial charge is 0.417 e. The van der Waals surface area contributed by atoms with E-state index >= 15 is 0 Å². The number of rotatable bonds is 1. The van der Waals surface area contributed by atoms with E-state index in [2.05, 4.69) is 9.97 Å². The molecule has 0 aliphatic heterocycles. The lowest BCUT2D eigenvalue weighted by molar-refractivity contribution is 0.555. The fourth-order valence-corrected chi connectivity index (χ4v) is 3.45. The number of fused-ring (bicyclic) bond motifs is 2. The van der Waals surface area contributed by atoms with Gasteiger partial charge in [-0.2, -0.15) is 0 Å². The Balaban J connectivity index is 1.99. The minimum Gasteiger partial charge on any atom is -0.408 e. The van der Waals surface area contributed by atoms with E-state index in [1.54, 1.807) is 23.5 Å². The van der Waals surface area contributed by atoms with Crippen LogP contribution in [0.5, 0.6) is 0 Å². The Labute approximate surface area is 122 Å². The van der Waals surface area contributed by atoms with Crippen molar-refractivity contribution >= 4 is 33.2 Å². The summed E-state index contributed by atoms with van der Waals surface area (Å²) in [6, 6.07) is 5.44. The quantitative estimate of drug-likeness (QED) is 0.565. The van der Waals surface area contributed by atoms with Crippen LogP contribution in [0.4, 0.5) is 5.82 Å². The van der Waals surface area contributed by atoms with E-state index in [1.807, 2.05) is 24.3 Å². The molecule has 4 aromatic rings. The third-order valence-electron chi connectivity index (χ3n) is 3.67. The molecule has 3 aromatic heterocycles. The van der Waals surface area contributed by atoms with Gasteiger partial charge in [0, 0.05) is 16.1 Å². The van der Waals surface area contributed by atoms with Gasteiger partial charge in [0.25, 0.3) is 0 Å². The number of oxazole rings is 1. The molecule has 3 N–H and O–H groups in total. The Morgan fingerprint density at radius 1 is 1.38 bits per heavy atom. The fraction of sp³-hybridized carbons (Fsp3) is 0.143.